The van der Waals surface area contributed by atoms with Crippen molar-refractivity contribution in [3.05, 3.63) is 35.6 Å². The van der Waals surface area contributed by atoms with E-state index >= 15 is 0 Å². The summed E-state index contributed by atoms with van der Waals surface area (Å²) in [6.45, 7) is 2.13. The second kappa shape index (κ2) is 8.53. The monoisotopic (exact) mass is 325 g/mol. The Morgan fingerprint density at radius 3 is 2.95 bits per heavy atom. The smallest absolute Gasteiger partial charge is 0.223 e. The molecule has 2 rings (SSSR count). The van der Waals surface area contributed by atoms with E-state index in [1.165, 1.54) is 18.6 Å². The molecule has 3 unspecified atom stereocenters. The van der Waals surface area contributed by atoms with Crippen LogP contribution in [0.3, 0.4) is 0 Å². The highest BCUT2D eigenvalue weighted by molar-refractivity contribution is 7.99. The van der Waals surface area contributed by atoms with Gasteiger partial charge in [0.2, 0.25) is 5.91 Å². The van der Waals surface area contributed by atoms with Crippen molar-refractivity contribution in [3.8, 4) is 0 Å². The second-order valence-electron chi connectivity index (χ2n) is 5.73. The van der Waals surface area contributed by atoms with Crippen molar-refractivity contribution in [3.63, 3.8) is 0 Å². The normalized spacial score (nSPS) is 23.0. The first-order valence-electron chi connectivity index (χ1n) is 7.94. The van der Waals surface area contributed by atoms with Gasteiger partial charge < -0.3 is 10.4 Å². The van der Waals surface area contributed by atoms with Gasteiger partial charge in [-0.1, -0.05) is 31.9 Å². The Hall–Kier alpha value is -1.07. The summed E-state index contributed by atoms with van der Waals surface area (Å²) in [7, 11) is 0. The predicted molar refractivity (Wildman–Crippen MR) is 88.3 cm³/mol. The van der Waals surface area contributed by atoms with Crippen LogP contribution in [0.5, 0.6) is 0 Å². The lowest BCUT2D eigenvalue weighted by molar-refractivity contribution is -0.123. The Kier molecular flexibility index (Phi) is 6.70. The van der Waals surface area contributed by atoms with Crippen LogP contribution in [0.15, 0.2) is 24.3 Å². The first-order chi connectivity index (χ1) is 10.6. The predicted octanol–water partition coefficient (Wildman–Crippen LogP) is 3.43. The SMILES string of the molecule is CCSC1CCCCC1NC(=O)CC(O)c1cccc(F)c1. The summed E-state index contributed by atoms with van der Waals surface area (Å²) in [4.78, 5) is 12.2. The zero-order chi connectivity index (χ0) is 15.9. The molecule has 1 amide bonds. The molecular formula is C17H24FNO2S. The Morgan fingerprint density at radius 2 is 2.23 bits per heavy atom. The lowest BCUT2D eigenvalue weighted by Crippen LogP contribution is -2.44. The number of carbonyl (C=O) groups excluding carboxylic acids is 1. The molecule has 0 aliphatic heterocycles. The van der Waals surface area contributed by atoms with Gasteiger partial charge >= 0.3 is 0 Å². The lowest BCUT2D eigenvalue weighted by Gasteiger charge is -2.31. The molecule has 3 atom stereocenters. The molecule has 2 N–H and O–H groups in total. The molecule has 22 heavy (non-hydrogen) atoms. The standard InChI is InChI=1S/C17H24FNO2S/c1-2-22-16-9-4-3-8-14(16)19-17(21)11-15(20)12-6-5-7-13(18)10-12/h5-7,10,14-16,20H,2-4,8-9,11H2,1H3,(H,19,21). The number of hydrogen-bond donors (Lipinski definition) is 2. The van der Waals surface area contributed by atoms with E-state index in [9.17, 15) is 14.3 Å². The van der Waals surface area contributed by atoms with Gasteiger partial charge in [-0.25, -0.2) is 4.39 Å². The van der Waals surface area contributed by atoms with E-state index in [0.29, 0.717) is 10.8 Å². The molecule has 0 radical (unpaired) electrons. The maximum absolute atomic E-state index is 13.2. The number of nitrogens with one attached hydrogen (secondary N) is 1. The van der Waals surface area contributed by atoms with Crippen molar-refractivity contribution < 1.29 is 14.3 Å². The first-order valence-corrected chi connectivity index (χ1v) is 8.99. The zero-order valence-electron chi connectivity index (χ0n) is 12.9. The maximum Gasteiger partial charge on any atom is 0.223 e. The first kappa shape index (κ1) is 17.3. The molecule has 1 aliphatic rings. The number of hydrogen-bond acceptors (Lipinski definition) is 3. The highest BCUT2D eigenvalue weighted by Gasteiger charge is 2.27. The van der Waals surface area contributed by atoms with Gasteiger partial charge in [0.15, 0.2) is 0 Å². The summed E-state index contributed by atoms with van der Waals surface area (Å²) in [6, 6.07) is 5.96. The molecule has 1 aromatic rings. The van der Waals surface area contributed by atoms with E-state index in [0.717, 1.165) is 25.0 Å². The Morgan fingerprint density at radius 1 is 1.45 bits per heavy atom. The fourth-order valence-electron chi connectivity index (χ4n) is 2.95. The van der Waals surface area contributed by atoms with E-state index in [1.54, 1.807) is 12.1 Å². The lowest BCUT2D eigenvalue weighted by atomic mass is 9.94. The molecule has 3 nitrogen and oxygen atoms in total. The minimum Gasteiger partial charge on any atom is -0.388 e. The van der Waals surface area contributed by atoms with Crippen LogP contribution in [-0.4, -0.2) is 28.1 Å². The van der Waals surface area contributed by atoms with Gasteiger partial charge in [0, 0.05) is 11.3 Å². The molecule has 0 spiro atoms. The molecule has 0 bridgehead atoms. The summed E-state index contributed by atoms with van der Waals surface area (Å²) >= 11 is 1.89. The third-order valence-corrected chi connectivity index (χ3v) is 5.37. The molecule has 0 saturated heterocycles. The van der Waals surface area contributed by atoms with Gasteiger partial charge in [0.25, 0.3) is 0 Å². The number of amides is 1. The highest BCUT2D eigenvalue weighted by atomic mass is 32.2. The summed E-state index contributed by atoms with van der Waals surface area (Å²) < 4.78 is 13.2. The van der Waals surface area contributed by atoms with Gasteiger partial charge in [0.1, 0.15) is 5.82 Å². The molecular weight excluding hydrogens is 301 g/mol. The van der Waals surface area contributed by atoms with Crippen LogP contribution >= 0.6 is 11.8 Å². The molecule has 0 aromatic heterocycles. The second-order valence-corrected chi connectivity index (χ2v) is 7.24. The van der Waals surface area contributed by atoms with Gasteiger partial charge in [-0.05, 0) is 36.3 Å². The van der Waals surface area contributed by atoms with Crippen molar-refractivity contribution in [2.24, 2.45) is 0 Å². The Bertz CT molecular complexity index is 495. The molecule has 1 aliphatic carbocycles. The van der Waals surface area contributed by atoms with Gasteiger partial charge in [-0.3, -0.25) is 4.79 Å². The fraction of sp³-hybridized carbons (Fsp3) is 0.588. The number of carbonyl (C=O) groups is 1. The number of aliphatic hydroxyl groups excluding tert-OH is 1. The van der Waals surface area contributed by atoms with E-state index in [1.807, 2.05) is 11.8 Å². The summed E-state index contributed by atoms with van der Waals surface area (Å²) in [5.41, 5.74) is 0.443. The van der Waals surface area contributed by atoms with Crippen molar-refractivity contribution >= 4 is 17.7 Å². The molecule has 5 heteroatoms. The quantitative estimate of drug-likeness (QED) is 0.842. The number of aliphatic hydroxyl groups is 1. The van der Waals surface area contributed by atoms with Crippen LogP contribution in [0.1, 0.15) is 50.7 Å². The van der Waals surface area contributed by atoms with Crippen LogP contribution in [0.4, 0.5) is 4.39 Å². The summed E-state index contributed by atoms with van der Waals surface area (Å²) in [5.74, 6) is 0.483. The summed E-state index contributed by atoms with van der Waals surface area (Å²) in [5, 5.41) is 13.6. The van der Waals surface area contributed by atoms with E-state index in [2.05, 4.69) is 12.2 Å². The minimum atomic E-state index is -0.962. The van der Waals surface area contributed by atoms with Crippen molar-refractivity contribution in [2.75, 3.05) is 5.75 Å². The van der Waals surface area contributed by atoms with Crippen LogP contribution < -0.4 is 5.32 Å². The third kappa shape index (κ3) is 4.99. The van der Waals surface area contributed by atoms with Crippen molar-refractivity contribution in [2.45, 2.75) is 56.4 Å². The molecule has 1 saturated carbocycles. The number of benzene rings is 1. The maximum atomic E-state index is 13.2. The topological polar surface area (TPSA) is 49.3 Å². The summed E-state index contributed by atoms with van der Waals surface area (Å²) in [6.07, 6.45) is 3.50. The van der Waals surface area contributed by atoms with Crippen LogP contribution in [0, 0.1) is 5.82 Å². The average molecular weight is 325 g/mol. The van der Waals surface area contributed by atoms with Gasteiger partial charge in [0.05, 0.1) is 12.5 Å². The molecule has 1 aromatic carbocycles. The number of thioether (sulfide) groups is 1. The Labute approximate surface area is 135 Å². The molecule has 122 valence electrons. The number of rotatable bonds is 6. The van der Waals surface area contributed by atoms with Crippen LogP contribution in [-0.2, 0) is 4.79 Å². The number of halogens is 1. The van der Waals surface area contributed by atoms with E-state index in [-0.39, 0.29) is 18.4 Å². The Balaban J connectivity index is 1.88. The minimum absolute atomic E-state index is 0.0243. The third-order valence-electron chi connectivity index (χ3n) is 4.04. The zero-order valence-corrected chi connectivity index (χ0v) is 13.7. The van der Waals surface area contributed by atoms with Gasteiger partial charge in [-0.15, -0.1) is 0 Å². The van der Waals surface area contributed by atoms with Gasteiger partial charge in [-0.2, -0.15) is 11.8 Å². The average Bonchev–Trinajstić information content (AvgIpc) is 2.49. The van der Waals surface area contributed by atoms with Crippen LogP contribution in [0.25, 0.3) is 0 Å². The molecule has 0 heterocycles. The van der Waals surface area contributed by atoms with E-state index in [4.69, 9.17) is 0 Å². The molecule has 1 fully saturated rings. The highest BCUT2D eigenvalue weighted by Crippen LogP contribution is 2.29. The van der Waals surface area contributed by atoms with E-state index < -0.39 is 11.9 Å². The fourth-order valence-corrected chi connectivity index (χ4v) is 4.15. The van der Waals surface area contributed by atoms with Crippen molar-refractivity contribution in [1.29, 1.82) is 0 Å². The largest absolute Gasteiger partial charge is 0.388 e. The van der Waals surface area contributed by atoms with Crippen molar-refractivity contribution in [1.82, 2.24) is 5.32 Å². The van der Waals surface area contributed by atoms with Crippen LogP contribution in [0.2, 0.25) is 0 Å².